The van der Waals surface area contributed by atoms with E-state index >= 15 is 17.6 Å². The van der Waals surface area contributed by atoms with Crippen LogP contribution < -0.4 is 0 Å². The molecule has 0 radical (unpaired) electrons. The van der Waals surface area contributed by atoms with Crippen molar-refractivity contribution in [2.75, 3.05) is 0 Å². The first-order chi connectivity index (χ1) is 22.2. The zero-order valence-corrected chi connectivity index (χ0v) is 25.0. The lowest BCUT2D eigenvalue weighted by atomic mass is 9.92. The Labute approximate surface area is 263 Å². The molecule has 0 fully saturated rings. The number of aromatic nitrogens is 2. The Hall–Kier alpha value is -5.15. The van der Waals surface area contributed by atoms with Gasteiger partial charge in [-0.05, 0) is 65.2 Å². The highest BCUT2D eigenvalue weighted by Crippen LogP contribution is 2.37. The quantitative estimate of drug-likeness (QED) is 0.183. The van der Waals surface area contributed by atoms with Gasteiger partial charge in [0.05, 0.1) is 16.3 Å². The standard InChI is InChI=1S/C37H24F4N2O2S/c38-33-23-18-24-20-29(36(41)37(34(24)39)46(44,45)27-13-5-2-6-14-27)32-16-8-12-26(43-32)21-25-11-7-15-31(42-25)28(19-23)35(40)30(33)17-22-9-3-1-4-10-22/h1-16,19-20H,17-18,21H2. The van der Waals surface area contributed by atoms with E-state index < -0.39 is 44.4 Å². The summed E-state index contributed by atoms with van der Waals surface area (Å²) in [5.74, 6) is -4.39. The van der Waals surface area contributed by atoms with Crippen LogP contribution >= 0.6 is 0 Å². The monoisotopic (exact) mass is 636 g/mol. The molecule has 6 aromatic rings. The maximum atomic E-state index is 16.4. The summed E-state index contributed by atoms with van der Waals surface area (Å²) in [4.78, 5) is 7.72. The Morgan fingerprint density at radius 2 is 1.11 bits per heavy atom. The van der Waals surface area contributed by atoms with Gasteiger partial charge in [-0.2, -0.15) is 0 Å². The molecule has 3 heterocycles. The molecule has 0 saturated carbocycles. The van der Waals surface area contributed by atoms with Crippen LogP contribution in [0, 0.1) is 23.3 Å². The van der Waals surface area contributed by atoms with Crippen LogP contribution in [0.25, 0.3) is 22.5 Å². The largest absolute Gasteiger partial charge is 0.252 e. The Balaban J connectivity index is 1.53. The number of nitrogens with zero attached hydrogens (tertiary/aromatic N) is 2. The van der Waals surface area contributed by atoms with Gasteiger partial charge in [0.1, 0.15) is 22.3 Å². The van der Waals surface area contributed by atoms with Crippen molar-refractivity contribution in [3.8, 4) is 22.5 Å². The lowest BCUT2D eigenvalue weighted by Crippen LogP contribution is -2.13. The van der Waals surface area contributed by atoms with Crippen LogP contribution in [0.3, 0.4) is 0 Å². The lowest BCUT2D eigenvalue weighted by Gasteiger charge is -2.18. The van der Waals surface area contributed by atoms with Crippen molar-refractivity contribution in [3.63, 3.8) is 0 Å². The highest BCUT2D eigenvalue weighted by Gasteiger charge is 2.32. The predicted molar refractivity (Wildman–Crippen MR) is 166 cm³/mol. The highest BCUT2D eigenvalue weighted by molar-refractivity contribution is 7.91. The van der Waals surface area contributed by atoms with Crippen LogP contribution in [-0.4, -0.2) is 18.4 Å². The van der Waals surface area contributed by atoms with E-state index in [0.29, 0.717) is 17.0 Å². The molecule has 0 atom stereocenters. The number of benzene rings is 4. The fourth-order valence-corrected chi connectivity index (χ4v) is 7.27. The third-order valence-corrected chi connectivity index (χ3v) is 9.85. The molecule has 2 aromatic heterocycles. The SMILES string of the molecule is O=S(=O)(c1ccccc1)c1c(F)c2cc(c1F)-c1cccc(n1)Cc1cccc(n1)-c1cc(c(F)c(Cc3ccccc3)c1F)C2. The molecule has 46 heavy (non-hydrogen) atoms. The summed E-state index contributed by atoms with van der Waals surface area (Å²) in [7, 11) is -4.71. The first-order valence-electron chi connectivity index (χ1n) is 14.5. The van der Waals surface area contributed by atoms with Crippen LogP contribution in [0.2, 0.25) is 0 Å². The van der Waals surface area contributed by atoms with Gasteiger partial charge in [-0.15, -0.1) is 0 Å². The van der Waals surface area contributed by atoms with Gasteiger partial charge in [-0.1, -0.05) is 60.7 Å². The van der Waals surface area contributed by atoms with Crippen molar-refractivity contribution in [2.45, 2.75) is 29.1 Å². The average Bonchev–Trinajstić information content (AvgIpc) is 3.06. The van der Waals surface area contributed by atoms with E-state index in [4.69, 9.17) is 0 Å². The Bertz CT molecular complexity index is 2240. The van der Waals surface area contributed by atoms with Crippen molar-refractivity contribution in [1.82, 2.24) is 9.97 Å². The van der Waals surface area contributed by atoms with Gasteiger partial charge in [-0.3, -0.25) is 9.97 Å². The zero-order chi connectivity index (χ0) is 32.0. The molecule has 0 spiro atoms. The van der Waals surface area contributed by atoms with Crippen LogP contribution in [-0.2, 0) is 29.1 Å². The first kappa shape index (κ1) is 29.6. The molecule has 9 heteroatoms. The molecule has 0 saturated heterocycles. The topological polar surface area (TPSA) is 59.9 Å². The van der Waals surface area contributed by atoms with Crippen molar-refractivity contribution < 1.29 is 26.0 Å². The van der Waals surface area contributed by atoms with E-state index in [-0.39, 0.29) is 56.9 Å². The summed E-state index contributed by atoms with van der Waals surface area (Å²) in [6, 6.07) is 28.0. The van der Waals surface area contributed by atoms with E-state index in [1.165, 1.54) is 36.4 Å². The molecule has 1 aliphatic heterocycles. The number of hydrogen-bond acceptors (Lipinski definition) is 4. The third-order valence-electron chi connectivity index (χ3n) is 8.06. The molecular formula is C37H24F4N2O2S. The van der Waals surface area contributed by atoms with Gasteiger partial charge in [0.25, 0.3) is 0 Å². The number of halogens is 4. The van der Waals surface area contributed by atoms with Crippen LogP contribution in [0.1, 0.15) is 33.6 Å². The number of hydrogen-bond donors (Lipinski definition) is 0. The zero-order valence-electron chi connectivity index (χ0n) is 24.1. The first-order valence-corrected chi connectivity index (χ1v) is 16.0. The maximum Gasteiger partial charge on any atom is 0.212 e. The van der Waals surface area contributed by atoms with E-state index in [1.807, 2.05) is 0 Å². The summed E-state index contributed by atoms with van der Waals surface area (Å²) in [6.07, 6.45) is -0.423. The van der Waals surface area contributed by atoms with Crippen molar-refractivity contribution >= 4 is 9.84 Å². The molecule has 8 bridgehead atoms. The Kier molecular flexibility index (Phi) is 7.49. The van der Waals surface area contributed by atoms with Crippen LogP contribution in [0.5, 0.6) is 0 Å². The molecule has 1 aliphatic rings. The van der Waals surface area contributed by atoms with E-state index in [1.54, 1.807) is 66.7 Å². The van der Waals surface area contributed by atoms with Gasteiger partial charge >= 0.3 is 0 Å². The lowest BCUT2D eigenvalue weighted by molar-refractivity contribution is 0.513. The van der Waals surface area contributed by atoms with Gasteiger partial charge in [0, 0.05) is 47.3 Å². The van der Waals surface area contributed by atoms with E-state index in [2.05, 4.69) is 9.97 Å². The molecule has 0 amide bonds. The second kappa shape index (κ2) is 11.7. The minimum atomic E-state index is -4.71. The fraction of sp³-hybridized carbons (Fsp3) is 0.0811. The summed E-state index contributed by atoms with van der Waals surface area (Å²) < 4.78 is 92.8. The minimum absolute atomic E-state index is 0.00262. The smallest absolute Gasteiger partial charge is 0.212 e. The normalized spacial score (nSPS) is 12.4. The molecular weight excluding hydrogens is 612 g/mol. The second-order valence-electron chi connectivity index (χ2n) is 11.1. The number of fused-ring (bicyclic) bond motifs is 10. The third kappa shape index (κ3) is 5.26. The predicted octanol–water partition coefficient (Wildman–Crippen LogP) is 8.29. The molecule has 7 rings (SSSR count). The van der Waals surface area contributed by atoms with Crippen molar-refractivity contribution in [2.24, 2.45) is 0 Å². The highest BCUT2D eigenvalue weighted by atomic mass is 32.2. The minimum Gasteiger partial charge on any atom is -0.252 e. The average molecular weight is 637 g/mol. The fourth-order valence-electron chi connectivity index (χ4n) is 5.80. The summed E-state index contributed by atoms with van der Waals surface area (Å²) in [5, 5.41) is 0. The second-order valence-corrected chi connectivity index (χ2v) is 13.0. The molecule has 0 N–H and O–H groups in total. The summed E-state index contributed by atoms with van der Waals surface area (Å²) >= 11 is 0. The maximum absolute atomic E-state index is 16.4. The Morgan fingerprint density at radius 1 is 0.565 bits per heavy atom. The Morgan fingerprint density at radius 3 is 1.72 bits per heavy atom. The molecule has 0 unspecified atom stereocenters. The van der Waals surface area contributed by atoms with E-state index in [9.17, 15) is 8.42 Å². The summed E-state index contributed by atoms with van der Waals surface area (Å²) in [6.45, 7) is 0. The molecule has 4 aromatic carbocycles. The molecule has 4 nitrogen and oxygen atoms in total. The number of pyridine rings is 2. The number of sulfone groups is 1. The van der Waals surface area contributed by atoms with E-state index in [0.717, 1.165) is 6.07 Å². The number of rotatable bonds is 4. The van der Waals surface area contributed by atoms with Crippen LogP contribution in [0.15, 0.2) is 119 Å². The van der Waals surface area contributed by atoms with Gasteiger partial charge in [0.2, 0.25) is 9.84 Å². The van der Waals surface area contributed by atoms with Gasteiger partial charge < -0.3 is 0 Å². The van der Waals surface area contributed by atoms with Gasteiger partial charge in [-0.25, -0.2) is 26.0 Å². The van der Waals surface area contributed by atoms with Gasteiger partial charge in [0.15, 0.2) is 5.82 Å². The molecule has 0 aliphatic carbocycles. The van der Waals surface area contributed by atoms with Crippen LogP contribution in [0.4, 0.5) is 17.6 Å². The summed E-state index contributed by atoms with van der Waals surface area (Å²) in [5.41, 5.74) is 1.06. The molecule has 228 valence electrons. The van der Waals surface area contributed by atoms with Crippen molar-refractivity contribution in [3.05, 3.63) is 166 Å². The van der Waals surface area contributed by atoms with Crippen molar-refractivity contribution in [1.29, 1.82) is 0 Å².